The van der Waals surface area contributed by atoms with Crippen molar-refractivity contribution in [2.75, 3.05) is 13.2 Å². The lowest BCUT2D eigenvalue weighted by molar-refractivity contribution is -0.166. The molecular weight excluding hydrogens is 204 g/mol. The zero-order valence-corrected chi connectivity index (χ0v) is 11.1. The normalized spacial score (nSPS) is 30.2. The van der Waals surface area contributed by atoms with E-state index in [4.69, 9.17) is 14.2 Å². The molecule has 1 fully saturated rings. The summed E-state index contributed by atoms with van der Waals surface area (Å²) in [6.45, 7) is 9.62. The summed E-state index contributed by atoms with van der Waals surface area (Å²) in [7, 11) is 0. The summed E-state index contributed by atoms with van der Waals surface area (Å²) in [5.41, 5.74) is 0. The summed E-state index contributed by atoms with van der Waals surface area (Å²) in [6.07, 6.45) is 5.00. The maximum atomic E-state index is 5.90. The van der Waals surface area contributed by atoms with E-state index in [0.29, 0.717) is 13.2 Å². The Hall–Kier alpha value is -0.120. The van der Waals surface area contributed by atoms with Crippen molar-refractivity contribution in [3.8, 4) is 0 Å². The van der Waals surface area contributed by atoms with Gasteiger partial charge < -0.3 is 14.2 Å². The third-order valence-electron chi connectivity index (χ3n) is 2.84. The molecule has 1 rings (SSSR count). The number of hydrogen-bond donors (Lipinski definition) is 0. The van der Waals surface area contributed by atoms with Crippen molar-refractivity contribution in [1.29, 1.82) is 0 Å². The van der Waals surface area contributed by atoms with Crippen molar-refractivity contribution in [1.82, 2.24) is 0 Å². The van der Waals surface area contributed by atoms with Gasteiger partial charge in [-0.2, -0.15) is 0 Å². The zero-order valence-electron chi connectivity index (χ0n) is 11.1. The highest BCUT2D eigenvalue weighted by Gasteiger charge is 2.36. The van der Waals surface area contributed by atoms with E-state index in [0.717, 1.165) is 6.42 Å². The van der Waals surface area contributed by atoms with E-state index in [9.17, 15) is 0 Å². The second kappa shape index (κ2) is 6.58. The van der Waals surface area contributed by atoms with Crippen LogP contribution in [0.15, 0.2) is 0 Å². The first-order valence-corrected chi connectivity index (χ1v) is 6.49. The van der Waals surface area contributed by atoms with Crippen LogP contribution in [0.2, 0.25) is 0 Å². The molecule has 0 amide bonds. The molecule has 3 nitrogen and oxygen atoms in total. The van der Waals surface area contributed by atoms with Gasteiger partial charge in [0.1, 0.15) is 6.10 Å². The Bertz CT molecular complexity index is 194. The standard InChI is InChI=1S/C13H26O3/c1-5-6-7-8-13(4)15-10-12(16-13)9-14-11(2)3/h11-12H,5-10H2,1-4H3. The van der Waals surface area contributed by atoms with Crippen LogP contribution in [0.25, 0.3) is 0 Å². The second-order valence-electron chi connectivity index (χ2n) is 5.02. The lowest BCUT2D eigenvalue weighted by Crippen LogP contribution is -2.28. The van der Waals surface area contributed by atoms with Gasteiger partial charge in [0.15, 0.2) is 5.79 Å². The zero-order chi connectivity index (χ0) is 12.0. The predicted octanol–water partition coefficient (Wildman–Crippen LogP) is 3.12. The number of ether oxygens (including phenoxy) is 3. The van der Waals surface area contributed by atoms with Crippen LogP contribution in [-0.2, 0) is 14.2 Å². The fourth-order valence-electron chi connectivity index (χ4n) is 1.90. The van der Waals surface area contributed by atoms with Crippen LogP contribution in [0.1, 0.15) is 53.4 Å². The van der Waals surface area contributed by atoms with E-state index in [1.165, 1.54) is 19.3 Å². The first-order valence-electron chi connectivity index (χ1n) is 6.49. The number of unbranched alkanes of at least 4 members (excludes halogenated alkanes) is 2. The van der Waals surface area contributed by atoms with Gasteiger partial charge in [0.25, 0.3) is 0 Å². The summed E-state index contributed by atoms with van der Waals surface area (Å²) >= 11 is 0. The first kappa shape index (κ1) is 13.9. The minimum Gasteiger partial charge on any atom is -0.376 e. The van der Waals surface area contributed by atoms with E-state index in [1.54, 1.807) is 0 Å². The minimum absolute atomic E-state index is 0.106. The molecule has 0 spiro atoms. The lowest BCUT2D eigenvalue weighted by Gasteiger charge is -2.23. The second-order valence-corrected chi connectivity index (χ2v) is 5.02. The van der Waals surface area contributed by atoms with Crippen LogP contribution in [0.3, 0.4) is 0 Å². The molecule has 0 aliphatic carbocycles. The smallest absolute Gasteiger partial charge is 0.166 e. The predicted molar refractivity (Wildman–Crippen MR) is 64.5 cm³/mol. The van der Waals surface area contributed by atoms with Gasteiger partial charge in [-0.3, -0.25) is 0 Å². The molecular formula is C13H26O3. The molecule has 0 N–H and O–H groups in total. The molecule has 0 aromatic rings. The van der Waals surface area contributed by atoms with Gasteiger partial charge in [0.05, 0.1) is 19.3 Å². The summed E-state index contributed by atoms with van der Waals surface area (Å²) in [6, 6.07) is 0. The van der Waals surface area contributed by atoms with Crippen molar-refractivity contribution in [3.05, 3.63) is 0 Å². The average Bonchev–Trinajstić information content (AvgIpc) is 2.58. The van der Waals surface area contributed by atoms with Gasteiger partial charge in [-0.25, -0.2) is 0 Å². The maximum Gasteiger partial charge on any atom is 0.166 e. The molecule has 16 heavy (non-hydrogen) atoms. The molecule has 1 aliphatic heterocycles. The Morgan fingerprint density at radius 2 is 2.12 bits per heavy atom. The molecule has 1 heterocycles. The van der Waals surface area contributed by atoms with Crippen LogP contribution in [0.4, 0.5) is 0 Å². The van der Waals surface area contributed by atoms with Crippen molar-refractivity contribution < 1.29 is 14.2 Å². The highest BCUT2D eigenvalue weighted by atomic mass is 16.7. The average molecular weight is 230 g/mol. The molecule has 0 radical (unpaired) electrons. The lowest BCUT2D eigenvalue weighted by atomic mass is 10.1. The largest absolute Gasteiger partial charge is 0.376 e. The molecule has 2 atom stereocenters. The number of rotatable bonds is 7. The summed E-state index contributed by atoms with van der Waals surface area (Å²) in [5.74, 6) is -0.375. The van der Waals surface area contributed by atoms with Crippen LogP contribution in [0, 0.1) is 0 Å². The van der Waals surface area contributed by atoms with Gasteiger partial charge in [-0.15, -0.1) is 0 Å². The van der Waals surface area contributed by atoms with E-state index < -0.39 is 0 Å². The van der Waals surface area contributed by atoms with Gasteiger partial charge >= 0.3 is 0 Å². The van der Waals surface area contributed by atoms with E-state index in [1.807, 2.05) is 20.8 Å². The summed E-state index contributed by atoms with van der Waals surface area (Å²) in [5, 5.41) is 0. The summed E-state index contributed by atoms with van der Waals surface area (Å²) in [4.78, 5) is 0. The number of hydrogen-bond acceptors (Lipinski definition) is 3. The fourth-order valence-corrected chi connectivity index (χ4v) is 1.90. The molecule has 2 unspecified atom stereocenters. The molecule has 96 valence electrons. The van der Waals surface area contributed by atoms with E-state index in [-0.39, 0.29) is 18.0 Å². The Morgan fingerprint density at radius 1 is 1.38 bits per heavy atom. The van der Waals surface area contributed by atoms with Crippen LogP contribution in [-0.4, -0.2) is 31.2 Å². The quantitative estimate of drug-likeness (QED) is 0.629. The van der Waals surface area contributed by atoms with Gasteiger partial charge in [0.2, 0.25) is 0 Å². The molecule has 1 aliphatic rings. The Balaban J connectivity index is 2.21. The first-order chi connectivity index (χ1) is 7.56. The Labute approximate surface area is 99.5 Å². The molecule has 1 saturated heterocycles. The molecule has 0 saturated carbocycles. The van der Waals surface area contributed by atoms with Crippen LogP contribution in [0.5, 0.6) is 0 Å². The van der Waals surface area contributed by atoms with Crippen LogP contribution >= 0.6 is 0 Å². The van der Waals surface area contributed by atoms with Gasteiger partial charge in [-0.1, -0.05) is 19.8 Å². The molecule has 0 aromatic heterocycles. The minimum atomic E-state index is -0.375. The molecule has 3 heteroatoms. The topological polar surface area (TPSA) is 27.7 Å². The SMILES string of the molecule is CCCCCC1(C)OCC(COC(C)C)O1. The van der Waals surface area contributed by atoms with Crippen molar-refractivity contribution in [2.24, 2.45) is 0 Å². The van der Waals surface area contributed by atoms with E-state index in [2.05, 4.69) is 6.92 Å². The molecule has 0 aromatic carbocycles. The van der Waals surface area contributed by atoms with Gasteiger partial charge in [0, 0.05) is 6.42 Å². The van der Waals surface area contributed by atoms with Crippen molar-refractivity contribution >= 4 is 0 Å². The Morgan fingerprint density at radius 3 is 2.75 bits per heavy atom. The third kappa shape index (κ3) is 4.81. The monoisotopic (exact) mass is 230 g/mol. The van der Waals surface area contributed by atoms with Crippen LogP contribution < -0.4 is 0 Å². The van der Waals surface area contributed by atoms with E-state index >= 15 is 0 Å². The summed E-state index contributed by atoms with van der Waals surface area (Å²) < 4.78 is 17.2. The highest BCUT2D eigenvalue weighted by molar-refractivity contribution is 4.75. The third-order valence-corrected chi connectivity index (χ3v) is 2.84. The highest BCUT2D eigenvalue weighted by Crippen LogP contribution is 2.28. The fraction of sp³-hybridized carbons (Fsp3) is 1.00. The van der Waals surface area contributed by atoms with Crippen molar-refractivity contribution in [2.45, 2.75) is 71.4 Å². The molecule has 0 bridgehead atoms. The Kier molecular flexibility index (Phi) is 5.73. The van der Waals surface area contributed by atoms with Gasteiger partial charge in [-0.05, 0) is 27.2 Å². The van der Waals surface area contributed by atoms with Crippen molar-refractivity contribution in [3.63, 3.8) is 0 Å². The maximum absolute atomic E-state index is 5.90.